The van der Waals surface area contributed by atoms with E-state index in [0.717, 1.165) is 50.2 Å². The van der Waals surface area contributed by atoms with Gasteiger partial charge in [-0.05, 0) is 52.6 Å². The SMILES string of the molecule is CC(C)(C)c1nc2ccnc(-c3cc(-c4ccc(-c5ccccc5)cc4)cc(-c4nccc5nc(C(C)(C)C)oc45)c3)c2o1. The fourth-order valence-corrected chi connectivity index (χ4v) is 5.32. The summed E-state index contributed by atoms with van der Waals surface area (Å²) in [6.45, 7) is 12.6. The molecule has 0 N–H and O–H groups in total. The summed E-state index contributed by atoms with van der Waals surface area (Å²) < 4.78 is 12.7. The molecule has 6 heteroatoms. The second kappa shape index (κ2) is 10.3. The Labute approximate surface area is 256 Å². The molecule has 44 heavy (non-hydrogen) atoms. The molecule has 0 fully saturated rings. The number of oxazole rings is 2. The van der Waals surface area contributed by atoms with Crippen LogP contribution in [0.2, 0.25) is 0 Å². The second-order valence-corrected chi connectivity index (χ2v) is 13.3. The molecule has 4 aromatic heterocycles. The quantitative estimate of drug-likeness (QED) is 0.207. The molecule has 0 atom stereocenters. The number of nitrogens with zero attached hydrogens (tertiary/aromatic N) is 4. The van der Waals surface area contributed by atoms with Crippen molar-refractivity contribution in [3.8, 4) is 44.8 Å². The van der Waals surface area contributed by atoms with Crippen molar-refractivity contribution in [2.45, 2.75) is 52.4 Å². The summed E-state index contributed by atoms with van der Waals surface area (Å²) in [6.07, 6.45) is 3.58. The van der Waals surface area contributed by atoms with Gasteiger partial charge in [-0.15, -0.1) is 0 Å². The number of hydrogen-bond acceptors (Lipinski definition) is 6. The van der Waals surface area contributed by atoms with E-state index in [0.29, 0.717) is 22.9 Å². The van der Waals surface area contributed by atoms with Gasteiger partial charge in [-0.2, -0.15) is 0 Å². The van der Waals surface area contributed by atoms with Crippen LogP contribution in [-0.4, -0.2) is 19.9 Å². The Kier molecular flexibility index (Phi) is 6.47. The van der Waals surface area contributed by atoms with E-state index in [2.05, 4.69) is 108 Å². The third-order valence-electron chi connectivity index (χ3n) is 7.70. The molecule has 0 radical (unpaired) electrons. The highest BCUT2D eigenvalue weighted by Gasteiger charge is 2.25. The maximum Gasteiger partial charge on any atom is 0.200 e. The predicted octanol–water partition coefficient (Wildman–Crippen LogP) is 10.0. The average molecular weight is 579 g/mol. The first-order valence-corrected chi connectivity index (χ1v) is 14.9. The average Bonchev–Trinajstić information content (AvgIpc) is 3.67. The number of pyridine rings is 2. The third kappa shape index (κ3) is 5.06. The molecule has 7 rings (SSSR count). The highest BCUT2D eigenvalue weighted by molar-refractivity contribution is 5.94. The van der Waals surface area contributed by atoms with Gasteiger partial charge in [0.05, 0.1) is 0 Å². The molecule has 0 unspecified atom stereocenters. The number of hydrogen-bond donors (Lipinski definition) is 0. The van der Waals surface area contributed by atoms with E-state index in [1.165, 1.54) is 5.56 Å². The van der Waals surface area contributed by atoms with E-state index in [-0.39, 0.29) is 10.8 Å². The van der Waals surface area contributed by atoms with Gasteiger partial charge in [0.2, 0.25) is 11.8 Å². The molecule has 0 aliphatic heterocycles. The van der Waals surface area contributed by atoms with Crippen molar-refractivity contribution >= 4 is 22.2 Å². The van der Waals surface area contributed by atoms with E-state index in [4.69, 9.17) is 28.8 Å². The van der Waals surface area contributed by atoms with E-state index in [9.17, 15) is 0 Å². The fraction of sp³-hybridized carbons (Fsp3) is 0.211. The normalized spacial score (nSPS) is 12.3. The molecule has 0 aliphatic rings. The lowest BCUT2D eigenvalue weighted by molar-refractivity contribution is 0.411. The number of aromatic nitrogens is 4. The van der Waals surface area contributed by atoms with Crippen LogP contribution in [-0.2, 0) is 10.8 Å². The van der Waals surface area contributed by atoms with Gasteiger partial charge >= 0.3 is 0 Å². The van der Waals surface area contributed by atoms with Gasteiger partial charge in [0.15, 0.2) is 11.2 Å². The molecule has 7 aromatic rings. The molecule has 0 spiro atoms. The smallest absolute Gasteiger partial charge is 0.200 e. The van der Waals surface area contributed by atoms with Gasteiger partial charge in [-0.25, -0.2) is 9.97 Å². The molecule has 0 bridgehead atoms. The van der Waals surface area contributed by atoms with Crippen LogP contribution < -0.4 is 0 Å². The molecule has 0 saturated carbocycles. The lowest BCUT2D eigenvalue weighted by atomic mass is 9.95. The fourth-order valence-electron chi connectivity index (χ4n) is 5.32. The van der Waals surface area contributed by atoms with Crippen LogP contribution in [0.5, 0.6) is 0 Å². The third-order valence-corrected chi connectivity index (χ3v) is 7.70. The Bertz CT molecular complexity index is 2020. The standard InChI is InChI=1S/C38H34N4O2/c1-37(2,3)35-41-29-16-18-39-31(33(29)43-35)27-20-26(25-14-12-24(13-15-25)23-10-8-7-9-11-23)21-28(22-27)32-34-30(17-19-40-32)42-36(44-34)38(4,5)6/h7-22H,1-6H3. The maximum atomic E-state index is 6.37. The molecular weight excluding hydrogens is 544 g/mol. The molecule has 3 aromatic carbocycles. The lowest BCUT2D eigenvalue weighted by Crippen LogP contribution is -2.10. The lowest BCUT2D eigenvalue weighted by Gasteiger charge is -2.13. The second-order valence-electron chi connectivity index (χ2n) is 13.3. The zero-order valence-corrected chi connectivity index (χ0v) is 25.8. The first-order chi connectivity index (χ1) is 21.0. The summed E-state index contributed by atoms with van der Waals surface area (Å²) >= 11 is 0. The summed E-state index contributed by atoms with van der Waals surface area (Å²) in [7, 11) is 0. The Morgan fingerprint density at radius 3 is 1.32 bits per heavy atom. The summed E-state index contributed by atoms with van der Waals surface area (Å²) in [5.41, 5.74) is 10.1. The van der Waals surface area contributed by atoms with Crippen LogP contribution in [0.3, 0.4) is 0 Å². The summed E-state index contributed by atoms with van der Waals surface area (Å²) in [5, 5.41) is 0. The summed E-state index contributed by atoms with van der Waals surface area (Å²) in [6, 6.07) is 29.2. The Morgan fingerprint density at radius 1 is 0.455 bits per heavy atom. The van der Waals surface area contributed by atoms with E-state index >= 15 is 0 Å². The monoisotopic (exact) mass is 578 g/mol. The molecule has 0 amide bonds. The topological polar surface area (TPSA) is 77.8 Å². The number of rotatable bonds is 4. The van der Waals surface area contributed by atoms with Crippen molar-refractivity contribution in [3.05, 3.63) is 109 Å². The van der Waals surface area contributed by atoms with Gasteiger partial charge in [0, 0.05) is 34.4 Å². The predicted molar refractivity (Wildman–Crippen MR) is 176 cm³/mol. The Balaban J connectivity index is 1.44. The number of fused-ring (bicyclic) bond motifs is 2. The minimum absolute atomic E-state index is 0.236. The zero-order chi connectivity index (χ0) is 30.6. The molecule has 218 valence electrons. The minimum atomic E-state index is -0.236. The van der Waals surface area contributed by atoms with Gasteiger partial charge in [-0.1, -0.05) is 96.1 Å². The first kappa shape index (κ1) is 27.7. The molecule has 6 nitrogen and oxygen atoms in total. The van der Waals surface area contributed by atoms with Crippen LogP contribution in [0.25, 0.3) is 67.0 Å². The molecule has 4 heterocycles. The van der Waals surface area contributed by atoms with Crippen LogP contribution in [0, 0.1) is 0 Å². The largest absolute Gasteiger partial charge is 0.438 e. The van der Waals surface area contributed by atoms with Crippen LogP contribution >= 0.6 is 0 Å². The van der Waals surface area contributed by atoms with Crippen molar-refractivity contribution in [1.82, 2.24) is 19.9 Å². The highest BCUT2D eigenvalue weighted by atomic mass is 16.4. The summed E-state index contributed by atoms with van der Waals surface area (Å²) in [4.78, 5) is 19.2. The van der Waals surface area contributed by atoms with Crippen molar-refractivity contribution in [1.29, 1.82) is 0 Å². The minimum Gasteiger partial charge on any atom is -0.438 e. The van der Waals surface area contributed by atoms with Crippen LogP contribution in [0.1, 0.15) is 53.3 Å². The maximum absolute atomic E-state index is 6.37. The molecule has 0 saturated heterocycles. The highest BCUT2D eigenvalue weighted by Crippen LogP contribution is 2.39. The number of benzene rings is 3. The zero-order valence-electron chi connectivity index (χ0n) is 25.8. The van der Waals surface area contributed by atoms with Crippen molar-refractivity contribution < 1.29 is 8.83 Å². The van der Waals surface area contributed by atoms with Crippen LogP contribution in [0.4, 0.5) is 0 Å². The van der Waals surface area contributed by atoms with E-state index in [1.54, 1.807) is 12.4 Å². The van der Waals surface area contributed by atoms with E-state index in [1.807, 2.05) is 18.2 Å². The van der Waals surface area contributed by atoms with Crippen molar-refractivity contribution in [2.75, 3.05) is 0 Å². The van der Waals surface area contributed by atoms with Crippen LogP contribution in [0.15, 0.2) is 106 Å². The molecule has 0 aliphatic carbocycles. The van der Waals surface area contributed by atoms with E-state index < -0.39 is 0 Å². The Morgan fingerprint density at radius 2 is 0.864 bits per heavy atom. The first-order valence-electron chi connectivity index (χ1n) is 14.9. The van der Waals surface area contributed by atoms with Gasteiger partial charge < -0.3 is 8.83 Å². The Hall–Kier alpha value is -5.10. The van der Waals surface area contributed by atoms with Crippen molar-refractivity contribution in [2.24, 2.45) is 0 Å². The van der Waals surface area contributed by atoms with Gasteiger partial charge in [0.25, 0.3) is 0 Å². The van der Waals surface area contributed by atoms with Gasteiger partial charge in [0.1, 0.15) is 22.4 Å². The van der Waals surface area contributed by atoms with Gasteiger partial charge in [-0.3, -0.25) is 9.97 Å². The molecular formula is C38H34N4O2. The summed E-state index contributed by atoms with van der Waals surface area (Å²) in [5.74, 6) is 1.36. The van der Waals surface area contributed by atoms with Crippen molar-refractivity contribution in [3.63, 3.8) is 0 Å².